The van der Waals surface area contributed by atoms with Crippen LogP contribution in [0.5, 0.6) is 0 Å². The highest BCUT2D eigenvalue weighted by Gasteiger charge is 2.23. The van der Waals surface area contributed by atoms with Crippen LogP contribution >= 0.6 is 0 Å². The number of hydrogen-bond acceptors (Lipinski definition) is 2. The third-order valence-electron chi connectivity index (χ3n) is 2.05. The SMILES string of the molecule is CC(C)N(C(C)C)[C@@H](C)C(N)=O. The summed E-state index contributed by atoms with van der Waals surface area (Å²) in [7, 11) is 0. The molecule has 0 aromatic heterocycles. The third kappa shape index (κ3) is 2.81. The fourth-order valence-corrected chi connectivity index (χ4v) is 1.64. The van der Waals surface area contributed by atoms with Gasteiger partial charge in [-0.05, 0) is 34.6 Å². The van der Waals surface area contributed by atoms with Crippen LogP contribution in [0.3, 0.4) is 0 Å². The molecule has 3 heteroatoms. The maximum absolute atomic E-state index is 10.9. The highest BCUT2D eigenvalue weighted by atomic mass is 16.1. The molecule has 3 nitrogen and oxygen atoms in total. The van der Waals surface area contributed by atoms with Crippen molar-refractivity contribution < 1.29 is 4.79 Å². The second-order valence-electron chi connectivity index (χ2n) is 3.71. The average molecular weight is 172 g/mol. The van der Waals surface area contributed by atoms with Gasteiger partial charge in [-0.2, -0.15) is 0 Å². The third-order valence-corrected chi connectivity index (χ3v) is 2.05. The van der Waals surface area contributed by atoms with Crippen LogP contribution in [0, 0.1) is 0 Å². The molecule has 0 unspecified atom stereocenters. The monoisotopic (exact) mass is 172 g/mol. The molecule has 0 aromatic carbocycles. The molecular weight excluding hydrogens is 152 g/mol. The van der Waals surface area contributed by atoms with Gasteiger partial charge in [-0.25, -0.2) is 0 Å². The lowest BCUT2D eigenvalue weighted by atomic mass is 10.1. The van der Waals surface area contributed by atoms with Crippen LogP contribution in [0.15, 0.2) is 0 Å². The maximum Gasteiger partial charge on any atom is 0.234 e. The molecule has 0 aromatic rings. The van der Waals surface area contributed by atoms with E-state index < -0.39 is 0 Å². The fraction of sp³-hybridized carbons (Fsp3) is 0.889. The Labute approximate surface area is 74.9 Å². The lowest BCUT2D eigenvalue weighted by Gasteiger charge is -2.34. The Morgan fingerprint density at radius 2 is 1.42 bits per heavy atom. The quantitative estimate of drug-likeness (QED) is 0.687. The minimum atomic E-state index is -0.252. The van der Waals surface area contributed by atoms with E-state index in [4.69, 9.17) is 5.73 Å². The highest BCUT2D eigenvalue weighted by Crippen LogP contribution is 2.09. The first kappa shape index (κ1) is 11.4. The van der Waals surface area contributed by atoms with Gasteiger partial charge >= 0.3 is 0 Å². The number of hydrogen-bond donors (Lipinski definition) is 1. The first-order valence-corrected chi connectivity index (χ1v) is 4.44. The Bertz CT molecular complexity index is 147. The van der Waals surface area contributed by atoms with E-state index in [2.05, 4.69) is 32.6 Å². The molecule has 0 aliphatic carbocycles. The van der Waals surface area contributed by atoms with Crippen LogP contribution in [0.1, 0.15) is 34.6 Å². The predicted octanol–water partition coefficient (Wildman–Crippen LogP) is 0.979. The van der Waals surface area contributed by atoms with Gasteiger partial charge in [0.05, 0.1) is 6.04 Å². The van der Waals surface area contributed by atoms with Crippen molar-refractivity contribution in [3.63, 3.8) is 0 Å². The number of carbonyl (C=O) groups excluding carboxylic acids is 1. The van der Waals surface area contributed by atoms with Crippen molar-refractivity contribution in [3.05, 3.63) is 0 Å². The molecule has 72 valence electrons. The minimum absolute atomic E-state index is 0.176. The van der Waals surface area contributed by atoms with Gasteiger partial charge in [-0.1, -0.05) is 0 Å². The minimum Gasteiger partial charge on any atom is -0.368 e. The normalized spacial score (nSPS) is 14.3. The second kappa shape index (κ2) is 4.45. The van der Waals surface area contributed by atoms with Gasteiger partial charge in [0.1, 0.15) is 0 Å². The zero-order valence-electron chi connectivity index (χ0n) is 8.66. The van der Waals surface area contributed by atoms with E-state index in [0.717, 1.165) is 0 Å². The topological polar surface area (TPSA) is 46.3 Å². The first-order valence-electron chi connectivity index (χ1n) is 4.44. The van der Waals surface area contributed by atoms with E-state index in [1.54, 1.807) is 0 Å². The molecule has 0 spiro atoms. The van der Waals surface area contributed by atoms with Crippen LogP contribution in [0.4, 0.5) is 0 Å². The molecule has 1 atom stereocenters. The molecule has 0 radical (unpaired) electrons. The summed E-state index contributed by atoms with van der Waals surface area (Å²) in [6.07, 6.45) is 0. The van der Waals surface area contributed by atoms with Crippen molar-refractivity contribution in [2.45, 2.75) is 52.7 Å². The fourth-order valence-electron chi connectivity index (χ4n) is 1.64. The Balaban J connectivity index is 4.40. The zero-order valence-corrected chi connectivity index (χ0v) is 8.66. The van der Waals surface area contributed by atoms with E-state index in [9.17, 15) is 4.79 Å². The van der Waals surface area contributed by atoms with Crippen LogP contribution in [-0.4, -0.2) is 28.9 Å². The Morgan fingerprint density at radius 1 is 1.08 bits per heavy atom. The van der Waals surface area contributed by atoms with Gasteiger partial charge in [0.15, 0.2) is 0 Å². The van der Waals surface area contributed by atoms with Crippen molar-refractivity contribution in [1.82, 2.24) is 4.90 Å². The Morgan fingerprint density at radius 3 is 1.50 bits per heavy atom. The molecular formula is C9H20N2O. The summed E-state index contributed by atoms with van der Waals surface area (Å²) in [4.78, 5) is 13.0. The van der Waals surface area contributed by atoms with Crippen molar-refractivity contribution >= 4 is 5.91 Å². The molecule has 0 aliphatic rings. The van der Waals surface area contributed by atoms with Crippen LogP contribution in [-0.2, 0) is 4.79 Å². The van der Waals surface area contributed by atoms with E-state index in [1.165, 1.54) is 0 Å². The average Bonchev–Trinajstić information content (AvgIpc) is 1.85. The molecule has 2 N–H and O–H groups in total. The van der Waals surface area contributed by atoms with Crippen LogP contribution in [0.25, 0.3) is 0 Å². The number of rotatable bonds is 4. The summed E-state index contributed by atoms with van der Waals surface area (Å²) in [6, 6.07) is 0.532. The van der Waals surface area contributed by atoms with Crippen molar-refractivity contribution in [2.75, 3.05) is 0 Å². The van der Waals surface area contributed by atoms with Gasteiger partial charge in [-0.15, -0.1) is 0 Å². The van der Waals surface area contributed by atoms with Crippen molar-refractivity contribution in [3.8, 4) is 0 Å². The smallest absolute Gasteiger partial charge is 0.234 e. The van der Waals surface area contributed by atoms with Crippen molar-refractivity contribution in [2.24, 2.45) is 5.73 Å². The standard InChI is InChI=1S/C9H20N2O/c1-6(2)11(7(3)4)8(5)9(10)12/h6-8H,1-5H3,(H2,10,12)/t8-/m0/s1. The lowest BCUT2D eigenvalue weighted by molar-refractivity contribution is -0.124. The maximum atomic E-state index is 10.9. The largest absolute Gasteiger partial charge is 0.368 e. The van der Waals surface area contributed by atoms with E-state index in [0.29, 0.717) is 12.1 Å². The summed E-state index contributed by atoms with van der Waals surface area (Å²) < 4.78 is 0. The zero-order chi connectivity index (χ0) is 9.89. The lowest BCUT2D eigenvalue weighted by Crippen LogP contribution is -2.49. The summed E-state index contributed by atoms with van der Waals surface area (Å²) in [6.45, 7) is 10.1. The molecule has 0 saturated carbocycles. The van der Waals surface area contributed by atoms with Gasteiger partial charge in [0.2, 0.25) is 5.91 Å². The van der Waals surface area contributed by atoms with Crippen LogP contribution in [0.2, 0.25) is 0 Å². The van der Waals surface area contributed by atoms with Gasteiger partial charge in [0, 0.05) is 12.1 Å². The number of nitrogens with zero attached hydrogens (tertiary/aromatic N) is 1. The first-order chi connectivity index (χ1) is 5.37. The number of primary amides is 1. The molecule has 0 heterocycles. The van der Waals surface area contributed by atoms with E-state index in [1.807, 2.05) is 6.92 Å². The molecule has 0 bridgehead atoms. The molecule has 0 aliphatic heterocycles. The number of nitrogens with two attached hydrogens (primary N) is 1. The van der Waals surface area contributed by atoms with Crippen molar-refractivity contribution in [1.29, 1.82) is 0 Å². The summed E-state index contributed by atoms with van der Waals surface area (Å²) in [5.74, 6) is -0.252. The second-order valence-corrected chi connectivity index (χ2v) is 3.71. The van der Waals surface area contributed by atoms with Crippen LogP contribution < -0.4 is 5.73 Å². The number of carbonyl (C=O) groups is 1. The summed E-state index contributed by atoms with van der Waals surface area (Å²) in [5, 5.41) is 0. The Hall–Kier alpha value is -0.570. The highest BCUT2D eigenvalue weighted by molar-refractivity contribution is 5.79. The number of amides is 1. The summed E-state index contributed by atoms with van der Waals surface area (Å²) >= 11 is 0. The molecule has 0 saturated heterocycles. The van der Waals surface area contributed by atoms with E-state index >= 15 is 0 Å². The summed E-state index contributed by atoms with van der Waals surface area (Å²) in [5.41, 5.74) is 5.23. The molecule has 12 heavy (non-hydrogen) atoms. The van der Waals surface area contributed by atoms with Gasteiger partial charge in [-0.3, -0.25) is 9.69 Å². The predicted molar refractivity (Wildman–Crippen MR) is 50.8 cm³/mol. The Kier molecular flexibility index (Phi) is 4.24. The van der Waals surface area contributed by atoms with Gasteiger partial charge in [0.25, 0.3) is 0 Å². The molecule has 1 amide bonds. The van der Waals surface area contributed by atoms with E-state index in [-0.39, 0.29) is 11.9 Å². The molecule has 0 fully saturated rings. The molecule has 0 rings (SSSR count). The van der Waals surface area contributed by atoms with Gasteiger partial charge < -0.3 is 5.73 Å².